The molecular weight excluding hydrogens is 1040 g/mol. The fourth-order valence-corrected chi connectivity index (χ4v) is 5.98. The van der Waals surface area contributed by atoms with Crippen LogP contribution in [0.5, 0.6) is 0 Å². The van der Waals surface area contributed by atoms with E-state index in [9.17, 15) is 28.8 Å². The molecule has 6 aromatic carbocycles. The summed E-state index contributed by atoms with van der Waals surface area (Å²) in [6.45, 7) is -16.7. The number of pyridine rings is 6. The molecule has 84 heavy (non-hydrogen) atoms. The van der Waals surface area contributed by atoms with Crippen molar-refractivity contribution >= 4 is 0 Å². The minimum Gasteiger partial charge on any atom is -0.284 e. The summed E-state index contributed by atoms with van der Waals surface area (Å²) in [7, 11) is 0. The van der Waals surface area contributed by atoms with Gasteiger partial charge in [-0.25, -0.2) is 0 Å². The van der Waals surface area contributed by atoms with E-state index < -0.39 is 331 Å². The molecule has 0 N–H and O–H groups in total. The summed E-state index contributed by atoms with van der Waals surface area (Å²) in [6.07, 6.45) is -3.00. The van der Waals surface area contributed by atoms with Crippen molar-refractivity contribution < 1.29 is 69.9 Å². The summed E-state index contributed by atoms with van der Waals surface area (Å²) in [4.78, 5) is 72.7. The highest BCUT2D eigenvalue weighted by Crippen LogP contribution is 2.10. The highest BCUT2D eigenvalue weighted by atomic mass is 16.1. The van der Waals surface area contributed by atoms with Crippen LogP contribution < -0.4 is 33.4 Å². The second kappa shape index (κ2) is 30.6. The van der Waals surface area contributed by atoms with Gasteiger partial charge in [-0.1, -0.05) is 145 Å². The Kier molecular flexibility index (Phi) is 8.15. The van der Waals surface area contributed by atoms with Gasteiger partial charge in [0.05, 0.1) is 45.2 Å². The first-order valence-corrected chi connectivity index (χ1v) is 23.0. The third-order valence-corrected chi connectivity index (χ3v) is 9.52. The predicted molar refractivity (Wildman–Crippen MR) is 341 cm³/mol. The normalized spacial score (nSPS) is 19.6. The van der Waals surface area contributed by atoms with E-state index in [2.05, 4.69) is 0 Å². The molecular formula is C72H66N6O6. The molecule has 12 aromatic rings. The summed E-state index contributed by atoms with van der Waals surface area (Å²) in [6, 6.07) is -0.858. The first-order valence-electron chi connectivity index (χ1n) is 48.5. The van der Waals surface area contributed by atoms with Gasteiger partial charge >= 0.3 is 0 Å². The van der Waals surface area contributed by atoms with Crippen LogP contribution in [-0.4, -0.2) is 27.4 Å². The quantitative estimate of drug-likeness (QED) is 0.163. The predicted octanol–water partition coefficient (Wildman–Crippen LogP) is 12.9. The van der Waals surface area contributed by atoms with E-state index in [-0.39, 0.29) is 4.57 Å². The average Bonchev–Trinajstić information content (AvgIpc) is 0.743. The van der Waals surface area contributed by atoms with Gasteiger partial charge < -0.3 is 0 Å². The standard InChI is InChI=1S/6C12H11NO/c6*1-10-7-8-12(14)13(9-10)11-5-3-2-4-6-11/h6*2-9H,1H3/i1D3,2D,3D,4D,5D,6D,7D,8D,9D;1D3,2D,3D,4D,5D,6D,7D,9D;1D3,2D,3D,4D,5D,6D,7D,8D;1D3,2D,3D,4D,5D,6D,9D;1D3,7D,8D,9D;1D3,7D,9D. The van der Waals surface area contributed by atoms with Gasteiger partial charge in [0, 0.05) is 132 Å². The maximum Gasteiger partial charge on any atom is 0.255 e. The van der Waals surface area contributed by atoms with Crippen molar-refractivity contribution in [1.29, 1.82) is 0 Å². The summed E-state index contributed by atoms with van der Waals surface area (Å²) in [5.41, 5.74) is -11.3. The van der Waals surface area contributed by atoms with E-state index in [1.165, 1.54) is 12.1 Å². The Morgan fingerprint density at radius 3 is 0.905 bits per heavy atom. The van der Waals surface area contributed by atoms with E-state index in [4.69, 9.17) is 69.9 Å². The number of aryl methyl sites for hydroxylation is 2. The zero-order chi connectivity index (χ0) is 104. The fraction of sp³-hybridized carbons (Fsp3) is 0.0833. The van der Waals surface area contributed by atoms with Gasteiger partial charge in [0.15, 0.2) is 0 Å². The molecule has 12 heteroatoms. The average molecular weight is 1160 g/mol. The zero-order valence-corrected chi connectivity index (χ0v) is 42.3. The molecule has 12 rings (SSSR count). The molecule has 420 valence electrons. The van der Waals surface area contributed by atoms with E-state index in [0.717, 1.165) is 33.5 Å². The van der Waals surface area contributed by atoms with Crippen molar-refractivity contribution in [2.24, 2.45) is 0 Å². The van der Waals surface area contributed by atoms with Gasteiger partial charge in [-0.05, 0) is 147 Å². The van der Waals surface area contributed by atoms with Gasteiger partial charge in [0.1, 0.15) is 0 Å². The van der Waals surface area contributed by atoms with Gasteiger partial charge in [-0.3, -0.25) is 56.2 Å². The zero-order valence-electron chi connectivity index (χ0n) is 93.3. The number of benzene rings is 6. The van der Waals surface area contributed by atoms with Crippen LogP contribution in [0.4, 0.5) is 0 Å². The number of para-hydroxylation sites is 6. The molecule has 0 radical (unpaired) electrons. The Bertz CT molecular complexity index is 7010. The molecule has 0 spiro atoms. The number of rotatable bonds is 6. The molecule has 0 amide bonds. The van der Waals surface area contributed by atoms with E-state index in [0.29, 0.717) is 31.1 Å². The Labute approximate surface area is 559 Å². The van der Waals surface area contributed by atoms with Crippen LogP contribution in [0.25, 0.3) is 34.1 Å². The van der Waals surface area contributed by atoms with E-state index in [1.54, 1.807) is 48.5 Å². The molecule has 0 unspecified atom stereocenters. The molecule has 6 aromatic heterocycles. The number of hydrogen-bond donors (Lipinski definition) is 0. The van der Waals surface area contributed by atoms with Crippen LogP contribution in [0.1, 0.15) is 103 Å². The third-order valence-electron chi connectivity index (χ3n) is 9.52. The minimum absolute atomic E-state index is 0.266. The van der Waals surface area contributed by atoms with Crippen molar-refractivity contribution in [2.45, 2.75) is 41.1 Å². The minimum atomic E-state index is -3.01. The lowest BCUT2D eigenvalue weighted by Crippen LogP contribution is -2.16. The molecule has 12 nitrogen and oxygen atoms in total. The van der Waals surface area contributed by atoms with Gasteiger partial charge in [0.25, 0.3) is 33.4 Å². The lowest BCUT2D eigenvalue weighted by molar-refractivity contribution is 0.976. The van der Waals surface area contributed by atoms with Crippen LogP contribution in [0.2, 0.25) is 0 Å². The topological polar surface area (TPSA) is 132 Å². The molecule has 0 aliphatic rings. The first-order chi connectivity index (χ1) is 61.6. The highest BCUT2D eigenvalue weighted by Gasteiger charge is 2.03. The van der Waals surface area contributed by atoms with Crippen molar-refractivity contribution in [3.63, 3.8) is 0 Å². The van der Waals surface area contributed by atoms with Crippen LogP contribution in [0.15, 0.2) is 320 Å². The second-order valence-corrected chi connectivity index (χ2v) is 15.2. The molecule has 0 fully saturated rings. The van der Waals surface area contributed by atoms with Crippen LogP contribution >= 0.6 is 0 Å². The number of nitrogens with zero attached hydrogens (tertiary/aromatic N) is 6. The summed E-state index contributed by atoms with van der Waals surface area (Å²) < 4.78 is 391. The van der Waals surface area contributed by atoms with Crippen molar-refractivity contribution in [2.75, 3.05) is 0 Å². The molecule has 0 saturated carbocycles. The molecule has 0 bridgehead atoms. The molecule has 0 saturated heterocycles. The highest BCUT2D eigenvalue weighted by molar-refractivity contribution is 5.37. The summed E-state index contributed by atoms with van der Waals surface area (Å²) in [5, 5.41) is 0. The maximum absolute atomic E-state index is 12.3. The largest absolute Gasteiger partial charge is 0.284 e. The van der Waals surface area contributed by atoms with Crippen molar-refractivity contribution in [3.8, 4) is 34.1 Å². The van der Waals surface area contributed by atoms with Crippen LogP contribution in [0, 0.1) is 41.1 Å². The van der Waals surface area contributed by atoms with Crippen LogP contribution in [0.3, 0.4) is 0 Å². The lowest BCUT2D eigenvalue weighted by Gasteiger charge is -2.05. The second-order valence-electron chi connectivity index (χ2n) is 15.2. The Balaban J connectivity index is 0.000000221. The van der Waals surface area contributed by atoms with Crippen LogP contribution in [-0.2, 0) is 0 Å². The molecule has 0 aliphatic carbocycles. The van der Waals surface area contributed by atoms with Gasteiger partial charge in [0.2, 0.25) is 0 Å². The SMILES string of the molecule is [2H]c1c(C([2H])([2H])[2H])c([2H])n(-c2ccccc2)c(=O)c1[2H].[2H]c1c([2H])c([2H])c(-n2c([2H])c(C([2H])([2H])[2H])c([2H])c([2H])c2=O)c([2H])c1[2H].[2H]c1c([2H])c([2H])c(-n2c([2H])c(C([2H])([2H])[2H])ccc2=O)c([2H])c1[2H].[2H]c1c([2H])c([2H])c(-n2cc(C([2H])([2H])[2H])c([2H])c([2H])c2=O)c([2H])c1[2H].[2H]c1cc(=O)n(-c2c([2H])c([2H])c([2H])c([2H])c2[2H])c([2H])c1C([2H])([2H])[2H].[2H]c1cc(=O)n(-c2ccccc2)c([2H])c1C([2H])([2H])[2H]. The lowest BCUT2D eigenvalue weighted by atomic mass is 10.3. The molecule has 6 heterocycles. The number of aromatic nitrogens is 6. The van der Waals surface area contributed by atoms with E-state index >= 15 is 0 Å². The smallest absolute Gasteiger partial charge is 0.255 e. The van der Waals surface area contributed by atoms with E-state index in [1.807, 2.05) is 0 Å². The maximum atomic E-state index is 12.3. The monoisotopic (exact) mass is 1160 g/mol. The molecule has 0 aliphatic heterocycles. The van der Waals surface area contributed by atoms with Gasteiger partial charge in [-0.2, -0.15) is 0 Å². The van der Waals surface area contributed by atoms with Crippen molar-refractivity contribution in [3.05, 3.63) is 387 Å². The Morgan fingerprint density at radius 2 is 0.524 bits per heavy atom. The summed E-state index contributed by atoms with van der Waals surface area (Å²) >= 11 is 0. The third kappa shape index (κ3) is 18.0. The number of hydrogen-bond acceptors (Lipinski definition) is 6. The first kappa shape index (κ1) is 22.4. The van der Waals surface area contributed by atoms with Crippen molar-refractivity contribution in [1.82, 2.24) is 27.4 Å². The summed E-state index contributed by atoms with van der Waals surface area (Å²) in [5.74, 6) is 0. The Hall–Kier alpha value is -11.0. The fourth-order valence-electron chi connectivity index (χ4n) is 5.98. The molecule has 0 atom stereocenters. The Morgan fingerprint density at radius 1 is 0.238 bits per heavy atom. The van der Waals surface area contributed by atoms with Gasteiger partial charge in [-0.15, -0.1) is 0 Å².